The lowest BCUT2D eigenvalue weighted by Gasteiger charge is -2.44. The van der Waals surface area contributed by atoms with Crippen molar-refractivity contribution in [2.75, 3.05) is 13.1 Å². The molecule has 0 aromatic heterocycles. The fraction of sp³-hybridized carbons (Fsp3) is 0.857. The number of carboxylic acids is 1. The Hall–Kier alpha value is -1.10. The first kappa shape index (κ1) is 16.0. The molecule has 2 N–H and O–H groups in total. The maximum atomic E-state index is 12.2. The van der Waals surface area contributed by atoms with Crippen molar-refractivity contribution in [2.24, 2.45) is 5.41 Å². The summed E-state index contributed by atoms with van der Waals surface area (Å²) >= 11 is 0. The number of piperidine rings is 1. The largest absolute Gasteiger partial charge is 0.480 e. The van der Waals surface area contributed by atoms with Crippen LogP contribution in [0.1, 0.15) is 47.0 Å². The number of likely N-dealkylation sites (tertiary alicyclic amines) is 1. The molecule has 1 fully saturated rings. The summed E-state index contributed by atoms with van der Waals surface area (Å²) in [5.41, 5.74) is -0.356. The number of hydrogen-bond donors (Lipinski definition) is 2. The average molecular weight is 270 g/mol. The van der Waals surface area contributed by atoms with Gasteiger partial charge in [-0.2, -0.15) is 0 Å². The Kier molecular flexibility index (Phi) is 5.35. The van der Waals surface area contributed by atoms with E-state index in [-0.39, 0.29) is 11.3 Å². The lowest BCUT2D eigenvalue weighted by molar-refractivity contribution is -0.158. The minimum atomic E-state index is -0.894. The summed E-state index contributed by atoms with van der Waals surface area (Å²) in [6.07, 6.45) is 2.08. The molecule has 19 heavy (non-hydrogen) atoms. The highest BCUT2D eigenvalue weighted by molar-refractivity contribution is 5.84. The van der Waals surface area contributed by atoms with Gasteiger partial charge in [0, 0.05) is 25.6 Å². The molecule has 0 radical (unpaired) electrons. The van der Waals surface area contributed by atoms with Gasteiger partial charge in [0.25, 0.3) is 0 Å². The third-order valence-corrected chi connectivity index (χ3v) is 3.72. The summed E-state index contributed by atoms with van der Waals surface area (Å²) in [5.74, 6) is -0.955. The predicted octanol–water partition coefficient (Wildman–Crippen LogP) is 1.48. The zero-order valence-corrected chi connectivity index (χ0v) is 12.4. The summed E-state index contributed by atoms with van der Waals surface area (Å²) in [7, 11) is 0. The van der Waals surface area contributed by atoms with Gasteiger partial charge in [-0.3, -0.25) is 4.79 Å². The van der Waals surface area contributed by atoms with E-state index >= 15 is 0 Å². The van der Waals surface area contributed by atoms with Gasteiger partial charge in [-0.25, -0.2) is 4.79 Å². The van der Waals surface area contributed by atoms with Crippen molar-refractivity contribution >= 4 is 11.9 Å². The van der Waals surface area contributed by atoms with Gasteiger partial charge in [0.15, 0.2) is 0 Å². The lowest BCUT2D eigenvalue weighted by atomic mass is 9.76. The van der Waals surface area contributed by atoms with E-state index < -0.39 is 12.0 Å². The quantitative estimate of drug-likeness (QED) is 0.794. The van der Waals surface area contributed by atoms with Crippen LogP contribution in [0.2, 0.25) is 0 Å². The van der Waals surface area contributed by atoms with E-state index in [4.69, 9.17) is 0 Å². The van der Waals surface area contributed by atoms with Gasteiger partial charge in [-0.1, -0.05) is 27.7 Å². The topological polar surface area (TPSA) is 69.6 Å². The predicted molar refractivity (Wildman–Crippen MR) is 73.9 cm³/mol. The van der Waals surface area contributed by atoms with Crippen LogP contribution in [0, 0.1) is 5.41 Å². The molecule has 0 aromatic rings. The molecule has 1 atom stereocenters. The fourth-order valence-electron chi connectivity index (χ4n) is 2.74. The van der Waals surface area contributed by atoms with Crippen molar-refractivity contribution in [2.45, 2.75) is 59.0 Å². The first-order valence-electron chi connectivity index (χ1n) is 7.01. The molecule has 5 nitrogen and oxygen atoms in total. The van der Waals surface area contributed by atoms with Gasteiger partial charge in [0.05, 0.1) is 0 Å². The molecule has 5 heteroatoms. The highest BCUT2D eigenvalue weighted by Gasteiger charge is 2.44. The summed E-state index contributed by atoms with van der Waals surface area (Å²) in [6, 6.07) is -0.367. The smallest absolute Gasteiger partial charge is 0.326 e. The summed E-state index contributed by atoms with van der Waals surface area (Å²) in [4.78, 5) is 25.2. The highest BCUT2D eigenvalue weighted by Crippen LogP contribution is 2.35. The molecule has 0 spiro atoms. The molecule has 1 amide bonds. The molecule has 1 rings (SSSR count). The highest BCUT2D eigenvalue weighted by atomic mass is 16.4. The van der Waals surface area contributed by atoms with Crippen LogP contribution in [0.15, 0.2) is 0 Å². The third-order valence-electron chi connectivity index (χ3n) is 3.72. The van der Waals surface area contributed by atoms with Crippen molar-refractivity contribution < 1.29 is 14.7 Å². The van der Waals surface area contributed by atoms with Gasteiger partial charge >= 0.3 is 5.97 Å². The molecule has 0 aliphatic carbocycles. The number of carbonyl (C=O) groups is 2. The number of rotatable bonds is 5. The standard InChI is InChI=1S/C14H26N2O3/c1-10(2)15-8-6-11(17)16-9-5-7-14(3,4)12(16)13(18)19/h10,12,15H,5-9H2,1-4H3,(H,18,19). The second-order valence-electron chi connectivity index (χ2n) is 6.28. The molecule has 1 unspecified atom stereocenters. The SMILES string of the molecule is CC(C)NCCC(=O)N1CCCC(C)(C)C1C(=O)O. The van der Waals surface area contributed by atoms with Crippen LogP contribution in [-0.4, -0.2) is 47.1 Å². The third kappa shape index (κ3) is 4.20. The molecule has 0 aromatic carbocycles. The maximum Gasteiger partial charge on any atom is 0.326 e. The van der Waals surface area contributed by atoms with E-state index in [1.807, 2.05) is 27.7 Å². The van der Waals surface area contributed by atoms with Crippen LogP contribution in [-0.2, 0) is 9.59 Å². The zero-order chi connectivity index (χ0) is 14.6. The van der Waals surface area contributed by atoms with Crippen LogP contribution < -0.4 is 5.32 Å². The molecule has 1 aliphatic rings. The van der Waals surface area contributed by atoms with E-state index in [0.717, 1.165) is 12.8 Å². The second kappa shape index (κ2) is 6.37. The summed E-state index contributed by atoms with van der Waals surface area (Å²) < 4.78 is 0. The van der Waals surface area contributed by atoms with Crippen LogP contribution in [0.3, 0.4) is 0 Å². The molecule has 1 aliphatic heterocycles. The van der Waals surface area contributed by atoms with Crippen molar-refractivity contribution in [3.63, 3.8) is 0 Å². The normalized spacial score (nSPS) is 22.6. The van der Waals surface area contributed by atoms with Crippen molar-refractivity contribution in [1.82, 2.24) is 10.2 Å². The Labute approximate surface area is 115 Å². The van der Waals surface area contributed by atoms with E-state index in [9.17, 15) is 14.7 Å². The summed E-state index contributed by atoms with van der Waals surface area (Å²) in [6.45, 7) is 9.05. The van der Waals surface area contributed by atoms with E-state index in [1.165, 1.54) is 0 Å². The Morgan fingerprint density at radius 2 is 2.05 bits per heavy atom. The van der Waals surface area contributed by atoms with Gasteiger partial charge < -0.3 is 15.3 Å². The molecule has 1 saturated heterocycles. The minimum absolute atomic E-state index is 0.0617. The van der Waals surface area contributed by atoms with E-state index in [0.29, 0.717) is 25.6 Å². The second-order valence-corrected chi connectivity index (χ2v) is 6.28. The lowest BCUT2D eigenvalue weighted by Crippen LogP contribution is -2.56. The molecule has 0 bridgehead atoms. The first-order valence-corrected chi connectivity index (χ1v) is 7.01. The summed E-state index contributed by atoms with van der Waals surface area (Å²) in [5, 5.41) is 12.6. The molecular weight excluding hydrogens is 244 g/mol. The van der Waals surface area contributed by atoms with Crippen LogP contribution >= 0.6 is 0 Å². The Balaban J connectivity index is 2.68. The first-order chi connectivity index (χ1) is 8.75. The molecule has 0 saturated carbocycles. The van der Waals surface area contributed by atoms with Gasteiger partial charge in [0.1, 0.15) is 6.04 Å². The van der Waals surface area contributed by atoms with E-state index in [2.05, 4.69) is 5.32 Å². The Morgan fingerprint density at radius 1 is 1.42 bits per heavy atom. The number of nitrogens with one attached hydrogen (secondary N) is 1. The maximum absolute atomic E-state index is 12.2. The van der Waals surface area contributed by atoms with Gasteiger partial charge in [-0.05, 0) is 18.3 Å². The molecule has 1 heterocycles. The monoisotopic (exact) mass is 270 g/mol. The Morgan fingerprint density at radius 3 is 2.58 bits per heavy atom. The molecular formula is C14H26N2O3. The average Bonchev–Trinajstić information content (AvgIpc) is 2.25. The van der Waals surface area contributed by atoms with Crippen LogP contribution in [0.5, 0.6) is 0 Å². The fourth-order valence-corrected chi connectivity index (χ4v) is 2.74. The number of aliphatic carboxylic acids is 1. The van der Waals surface area contributed by atoms with Crippen molar-refractivity contribution in [3.8, 4) is 0 Å². The number of hydrogen-bond acceptors (Lipinski definition) is 3. The van der Waals surface area contributed by atoms with Gasteiger partial charge in [0.2, 0.25) is 5.91 Å². The van der Waals surface area contributed by atoms with E-state index in [1.54, 1.807) is 4.90 Å². The number of carbonyl (C=O) groups excluding carboxylic acids is 1. The van der Waals surface area contributed by atoms with Gasteiger partial charge in [-0.15, -0.1) is 0 Å². The Bertz CT molecular complexity index is 340. The molecule has 110 valence electrons. The van der Waals surface area contributed by atoms with Crippen molar-refractivity contribution in [3.05, 3.63) is 0 Å². The zero-order valence-electron chi connectivity index (χ0n) is 12.4. The number of nitrogens with zero attached hydrogens (tertiary/aromatic N) is 1. The van der Waals surface area contributed by atoms with Crippen LogP contribution in [0.4, 0.5) is 0 Å². The van der Waals surface area contributed by atoms with Crippen molar-refractivity contribution in [1.29, 1.82) is 0 Å². The van der Waals surface area contributed by atoms with Crippen LogP contribution in [0.25, 0.3) is 0 Å². The minimum Gasteiger partial charge on any atom is -0.480 e. The number of amides is 1. The number of carboxylic acid groups (broad SMARTS) is 1.